The predicted molar refractivity (Wildman–Crippen MR) is 77.9 cm³/mol. The summed E-state index contributed by atoms with van der Waals surface area (Å²) in [4.78, 5) is 11.7. The lowest BCUT2D eigenvalue weighted by atomic mass is 10.2. The van der Waals surface area contributed by atoms with E-state index in [1.807, 2.05) is 6.92 Å². The summed E-state index contributed by atoms with van der Waals surface area (Å²) in [5, 5.41) is 5.47. The Morgan fingerprint density at radius 3 is 2.67 bits per heavy atom. The second-order valence-electron chi connectivity index (χ2n) is 4.68. The molecule has 0 unspecified atom stereocenters. The maximum atomic E-state index is 13.4. The summed E-state index contributed by atoms with van der Waals surface area (Å²) >= 11 is 0. The number of hydrogen-bond acceptors (Lipinski definition) is 2. The molecule has 2 aromatic rings. The first-order valence-electron chi connectivity index (χ1n) is 6.56. The van der Waals surface area contributed by atoms with Crippen molar-refractivity contribution in [1.29, 1.82) is 0 Å². The number of aryl methyl sites for hydroxylation is 1. The lowest BCUT2D eigenvalue weighted by Gasteiger charge is -2.10. The second kappa shape index (κ2) is 6.83. The molecule has 2 rings (SSSR count). The SMILES string of the molecule is Cc1ccc(F)cc1NCC(=O)NCc1ccccc1F. The van der Waals surface area contributed by atoms with Gasteiger partial charge in [-0.2, -0.15) is 0 Å². The second-order valence-corrected chi connectivity index (χ2v) is 4.68. The van der Waals surface area contributed by atoms with E-state index in [1.165, 1.54) is 18.2 Å². The van der Waals surface area contributed by atoms with Gasteiger partial charge in [0.05, 0.1) is 6.54 Å². The lowest BCUT2D eigenvalue weighted by Crippen LogP contribution is -2.29. The van der Waals surface area contributed by atoms with Gasteiger partial charge in [0.1, 0.15) is 11.6 Å². The van der Waals surface area contributed by atoms with Gasteiger partial charge in [0.25, 0.3) is 0 Å². The molecule has 2 aromatic carbocycles. The van der Waals surface area contributed by atoms with Gasteiger partial charge in [0.2, 0.25) is 5.91 Å². The summed E-state index contributed by atoms with van der Waals surface area (Å²) < 4.78 is 26.5. The Morgan fingerprint density at radius 1 is 1.14 bits per heavy atom. The average molecular weight is 290 g/mol. The van der Waals surface area contributed by atoms with Gasteiger partial charge >= 0.3 is 0 Å². The summed E-state index contributed by atoms with van der Waals surface area (Å²) in [5.41, 5.74) is 1.84. The number of halogens is 2. The van der Waals surface area contributed by atoms with Crippen molar-refractivity contribution in [1.82, 2.24) is 5.32 Å². The quantitative estimate of drug-likeness (QED) is 0.889. The van der Waals surface area contributed by atoms with E-state index in [0.717, 1.165) is 5.56 Å². The van der Waals surface area contributed by atoms with E-state index in [0.29, 0.717) is 11.3 Å². The van der Waals surface area contributed by atoms with Crippen LogP contribution in [0.3, 0.4) is 0 Å². The van der Waals surface area contributed by atoms with Crippen molar-refractivity contribution in [3.05, 3.63) is 65.2 Å². The number of benzene rings is 2. The first-order chi connectivity index (χ1) is 10.1. The summed E-state index contributed by atoms with van der Waals surface area (Å²) in [6.45, 7) is 1.94. The van der Waals surface area contributed by atoms with Crippen molar-refractivity contribution in [3.63, 3.8) is 0 Å². The van der Waals surface area contributed by atoms with E-state index in [-0.39, 0.29) is 30.6 Å². The van der Waals surface area contributed by atoms with E-state index >= 15 is 0 Å². The fraction of sp³-hybridized carbons (Fsp3) is 0.188. The van der Waals surface area contributed by atoms with Crippen LogP contribution in [-0.4, -0.2) is 12.5 Å². The summed E-state index contributed by atoms with van der Waals surface area (Å²) in [7, 11) is 0. The molecule has 1 amide bonds. The number of anilines is 1. The molecule has 5 heteroatoms. The minimum atomic E-state index is -0.366. The van der Waals surface area contributed by atoms with Crippen LogP contribution in [0.5, 0.6) is 0 Å². The predicted octanol–water partition coefficient (Wildman–Crippen LogP) is 3.00. The van der Waals surface area contributed by atoms with E-state index < -0.39 is 0 Å². The van der Waals surface area contributed by atoms with Gasteiger partial charge in [0.15, 0.2) is 0 Å². The molecule has 110 valence electrons. The Kier molecular flexibility index (Phi) is 4.87. The minimum absolute atomic E-state index is 0.00124. The lowest BCUT2D eigenvalue weighted by molar-refractivity contribution is -0.119. The van der Waals surface area contributed by atoms with Crippen LogP contribution < -0.4 is 10.6 Å². The van der Waals surface area contributed by atoms with Crippen LogP contribution in [0.15, 0.2) is 42.5 Å². The van der Waals surface area contributed by atoms with Crippen molar-refractivity contribution in [3.8, 4) is 0 Å². The molecule has 3 nitrogen and oxygen atoms in total. The molecule has 0 aliphatic rings. The monoisotopic (exact) mass is 290 g/mol. The van der Waals surface area contributed by atoms with Crippen molar-refractivity contribution < 1.29 is 13.6 Å². The highest BCUT2D eigenvalue weighted by atomic mass is 19.1. The molecule has 21 heavy (non-hydrogen) atoms. The largest absolute Gasteiger partial charge is 0.376 e. The van der Waals surface area contributed by atoms with E-state index in [4.69, 9.17) is 0 Å². The third-order valence-electron chi connectivity index (χ3n) is 3.07. The molecule has 0 bridgehead atoms. The smallest absolute Gasteiger partial charge is 0.239 e. The molecule has 2 N–H and O–H groups in total. The highest BCUT2D eigenvalue weighted by Gasteiger charge is 2.06. The molecular weight excluding hydrogens is 274 g/mol. The highest BCUT2D eigenvalue weighted by Crippen LogP contribution is 2.15. The maximum Gasteiger partial charge on any atom is 0.239 e. The number of rotatable bonds is 5. The highest BCUT2D eigenvalue weighted by molar-refractivity contribution is 5.80. The van der Waals surface area contributed by atoms with Gasteiger partial charge in [0, 0.05) is 17.8 Å². The van der Waals surface area contributed by atoms with Crippen LogP contribution in [-0.2, 0) is 11.3 Å². The molecule has 0 aliphatic heterocycles. The molecule has 0 heterocycles. The molecular formula is C16H16F2N2O. The van der Waals surface area contributed by atoms with Gasteiger partial charge in [-0.05, 0) is 30.7 Å². The third-order valence-corrected chi connectivity index (χ3v) is 3.07. The topological polar surface area (TPSA) is 41.1 Å². The number of amides is 1. The molecule has 0 saturated heterocycles. The van der Waals surface area contributed by atoms with Gasteiger partial charge in [-0.15, -0.1) is 0 Å². The van der Waals surface area contributed by atoms with Crippen LogP contribution in [0.25, 0.3) is 0 Å². The van der Waals surface area contributed by atoms with Crippen LogP contribution in [0.4, 0.5) is 14.5 Å². The molecule has 0 aliphatic carbocycles. The van der Waals surface area contributed by atoms with Crippen molar-refractivity contribution in [2.45, 2.75) is 13.5 Å². The van der Waals surface area contributed by atoms with Crippen LogP contribution in [0.2, 0.25) is 0 Å². The third kappa shape index (κ3) is 4.27. The zero-order chi connectivity index (χ0) is 15.2. The first kappa shape index (κ1) is 15.0. The molecule has 0 spiro atoms. The number of carbonyl (C=O) groups is 1. The van der Waals surface area contributed by atoms with E-state index in [1.54, 1.807) is 24.3 Å². The van der Waals surface area contributed by atoms with Crippen LogP contribution in [0.1, 0.15) is 11.1 Å². The zero-order valence-corrected chi connectivity index (χ0v) is 11.6. The normalized spacial score (nSPS) is 10.2. The fourth-order valence-electron chi connectivity index (χ4n) is 1.86. The minimum Gasteiger partial charge on any atom is -0.376 e. The molecule has 0 fully saturated rings. The van der Waals surface area contributed by atoms with Crippen LogP contribution >= 0.6 is 0 Å². The van der Waals surface area contributed by atoms with Gasteiger partial charge in [-0.25, -0.2) is 8.78 Å². The summed E-state index contributed by atoms with van der Waals surface area (Å²) in [6, 6.07) is 10.6. The Bertz CT molecular complexity index is 644. The van der Waals surface area contributed by atoms with Gasteiger partial charge < -0.3 is 10.6 Å². The first-order valence-corrected chi connectivity index (χ1v) is 6.56. The van der Waals surface area contributed by atoms with E-state index in [2.05, 4.69) is 10.6 Å². The average Bonchev–Trinajstić information content (AvgIpc) is 2.47. The number of carbonyl (C=O) groups excluding carboxylic acids is 1. The van der Waals surface area contributed by atoms with Gasteiger partial charge in [-0.3, -0.25) is 4.79 Å². The molecule has 0 saturated carbocycles. The Balaban J connectivity index is 1.85. The fourth-order valence-corrected chi connectivity index (χ4v) is 1.86. The Labute approximate surface area is 122 Å². The Morgan fingerprint density at radius 2 is 1.90 bits per heavy atom. The van der Waals surface area contributed by atoms with Crippen molar-refractivity contribution >= 4 is 11.6 Å². The van der Waals surface area contributed by atoms with Crippen molar-refractivity contribution in [2.75, 3.05) is 11.9 Å². The maximum absolute atomic E-state index is 13.4. The van der Waals surface area contributed by atoms with Crippen molar-refractivity contribution in [2.24, 2.45) is 0 Å². The molecule has 0 atom stereocenters. The zero-order valence-electron chi connectivity index (χ0n) is 11.6. The molecule has 0 radical (unpaired) electrons. The van der Waals surface area contributed by atoms with E-state index in [9.17, 15) is 13.6 Å². The number of hydrogen-bond donors (Lipinski definition) is 2. The standard InChI is InChI=1S/C16H16F2N2O/c1-11-6-7-13(17)8-15(11)19-10-16(21)20-9-12-4-2-3-5-14(12)18/h2-8,19H,9-10H2,1H3,(H,20,21). The number of nitrogens with one attached hydrogen (secondary N) is 2. The molecule has 0 aromatic heterocycles. The van der Waals surface area contributed by atoms with Gasteiger partial charge in [-0.1, -0.05) is 24.3 Å². The Hall–Kier alpha value is -2.43. The summed E-state index contributed by atoms with van der Waals surface area (Å²) in [5.74, 6) is -1.01. The van der Waals surface area contributed by atoms with Crippen LogP contribution in [0, 0.1) is 18.6 Å². The summed E-state index contributed by atoms with van der Waals surface area (Å²) in [6.07, 6.45) is 0.